The molecule has 26 heavy (non-hydrogen) atoms. The van der Waals surface area contributed by atoms with Crippen LogP contribution < -0.4 is 26.3 Å². The standard InChI is InChI=1S/C17H26N6O3/c1-11(19)17-21-15(22-23(17)10-16(24)20-7-6-18)9-12-4-5-13(25-2)14(8-12)26-3/h4-5,8,11H,6-7,9-10,18-19H2,1-3H3,(H,20,24)/t11-/m1/s1. The highest BCUT2D eigenvalue weighted by molar-refractivity contribution is 5.75. The van der Waals surface area contributed by atoms with Crippen LogP contribution in [0.2, 0.25) is 0 Å². The molecule has 0 saturated carbocycles. The minimum Gasteiger partial charge on any atom is -0.493 e. The van der Waals surface area contributed by atoms with Crippen molar-refractivity contribution in [3.05, 3.63) is 35.4 Å². The van der Waals surface area contributed by atoms with Gasteiger partial charge in [-0.05, 0) is 24.6 Å². The number of hydrogen-bond donors (Lipinski definition) is 3. The number of ether oxygens (including phenoxy) is 2. The van der Waals surface area contributed by atoms with Gasteiger partial charge in [-0.25, -0.2) is 9.67 Å². The first-order chi connectivity index (χ1) is 12.5. The SMILES string of the molecule is COc1ccc(Cc2nc([C@@H](C)N)n(CC(=O)NCCN)n2)cc1OC. The summed E-state index contributed by atoms with van der Waals surface area (Å²) in [5.41, 5.74) is 12.3. The highest BCUT2D eigenvalue weighted by atomic mass is 16.5. The summed E-state index contributed by atoms with van der Waals surface area (Å²) in [7, 11) is 3.17. The van der Waals surface area contributed by atoms with Crippen LogP contribution in [0, 0.1) is 0 Å². The smallest absolute Gasteiger partial charge is 0.241 e. The molecule has 1 atom stereocenters. The third kappa shape index (κ3) is 4.93. The Kier molecular flexibility index (Phi) is 6.93. The van der Waals surface area contributed by atoms with Crippen molar-refractivity contribution in [2.75, 3.05) is 27.3 Å². The van der Waals surface area contributed by atoms with Crippen LogP contribution in [0.15, 0.2) is 18.2 Å². The molecule has 5 N–H and O–H groups in total. The van der Waals surface area contributed by atoms with Gasteiger partial charge < -0.3 is 26.3 Å². The second-order valence-corrected chi connectivity index (χ2v) is 5.84. The summed E-state index contributed by atoms with van der Waals surface area (Å²) in [6, 6.07) is 5.28. The number of hydrogen-bond acceptors (Lipinski definition) is 7. The Bertz CT molecular complexity index is 744. The average Bonchev–Trinajstić information content (AvgIpc) is 3.02. The van der Waals surface area contributed by atoms with Crippen molar-refractivity contribution in [2.24, 2.45) is 11.5 Å². The molecule has 2 rings (SSSR count). The normalized spacial score (nSPS) is 11.9. The molecule has 0 spiro atoms. The molecular weight excluding hydrogens is 336 g/mol. The molecule has 0 fully saturated rings. The van der Waals surface area contributed by atoms with E-state index in [-0.39, 0.29) is 18.5 Å². The first kappa shape index (κ1) is 19.7. The zero-order valence-electron chi connectivity index (χ0n) is 15.4. The van der Waals surface area contributed by atoms with Gasteiger partial charge in [-0.2, -0.15) is 5.10 Å². The van der Waals surface area contributed by atoms with Gasteiger partial charge in [-0.1, -0.05) is 6.07 Å². The van der Waals surface area contributed by atoms with Crippen LogP contribution in [0.4, 0.5) is 0 Å². The quantitative estimate of drug-likeness (QED) is 0.571. The van der Waals surface area contributed by atoms with E-state index >= 15 is 0 Å². The number of nitrogens with two attached hydrogens (primary N) is 2. The fourth-order valence-electron chi connectivity index (χ4n) is 2.51. The van der Waals surface area contributed by atoms with Crippen molar-refractivity contribution >= 4 is 5.91 Å². The number of rotatable bonds is 9. The zero-order valence-corrected chi connectivity index (χ0v) is 15.4. The van der Waals surface area contributed by atoms with E-state index < -0.39 is 0 Å². The molecule has 9 nitrogen and oxygen atoms in total. The number of benzene rings is 1. The Balaban J connectivity index is 2.19. The number of amides is 1. The van der Waals surface area contributed by atoms with E-state index in [1.165, 1.54) is 4.68 Å². The molecule has 9 heteroatoms. The van der Waals surface area contributed by atoms with Crippen LogP contribution in [0.1, 0.15) is 30.2 Å². The van der Waals surface area contributed by atoms with Gasteiger partial charge in [0.25, 0.3) is 0 Å². The summed E-state index contributed by atoms with van der Waals surface area (Å²) < 4.78 is 12.1. The lowest BCUT2D eigenvalue weighted by Crippen LogP contribution is -2.33. The average molecular weight is 362 g/mol. The largest absolute Gasteiger partial charge is 0.493 e. The molecule has 1 aromatic carbocycles. The monoisotopic (exact) mass is 362 g/mol. The van der Waals surface area contributed by atoms with Crippen molar-refractivity contribution < 1.29 is 14.3 Å². The van der Waals surface area contributed by atoms with Crippen LogP contribution in [-0.2, 0) is 17.8 Å². The minimum absolute atomic E-state index is 0.0514. The minimum atomic E-state index is -0.344. The van der Waals surface area contributed by atoms with Gasteiger partial charge in [0, 0.05) is 19.5 Å². The van der Waals surface area contributed by atoms with Gasteiger partial charge >= 0.3 is 0 Å². The predicted molar refractivity (Wildman–Crippen MR) is 97.0 cm³/mol. The van der Waals surface area contributed by atoms with Crippen LogP contribution >= 0.6 is 0 Å². The van der Waals surface area contributed by atoms with Crippen LogP contribution in [-0.4, -0.2) is 48.0 Å². The molecule has 0 radical (unpaired) electrons. The molecule has 142 valence electrons. The van der Waals surface area contributed by atoms with Crippen molar-refractivity contribution in [3.8, 4) is 11.5 Å². The lowest BCUT2D eigenvalue weighted by molar-refractivity contribution is -0.121. The van der Waals surface area contributed by atoms with Gasteiger partial charge in [-0.3, -0.25) is 4.79 Å². The van der Waals surface area contributed by atoms with E-state index in [4.69, 9.17) is 20.9 Å². The predicted octanol–water partition coefficient (Wildman–Crippen LogP) is -0.0193. The first-order valence-electron chi connectivity index (χ1n) is 8.35. The Morgan fingerprint density at radius 3 is 2.65 bits per heavy atom. The lowest BCUT2D eigenvalue weighted by Gasteiger charge is -2.08. The van der Waals surface area contributed by atoms with Crippen molar-refractivity contribution in [3.63, 3.8) is 0 Å². The van der Waals surface area contributed by atoms with Crippen molar-refractivity contribution in [1.82, 2.24) is 20.1 Å². The highest BCUT2D eigenvalue weighted by Crippen LogP contribution is 2.28. The maximum Gasteiger partial charge on any atom is 0.241 e. The van der Waals surface area contributed by atoms with Gasteiger partial charge in [0.1, 0.15) is 12.4 Å². The van der Waals surface area contributed by atoms with Gasteiger partial charge in [0.05, 0.1) is 20.3 Å². The Hall–Kier alpha value is -2.65. The number of nitrogens with zero attached hydrogens (tertiary/aromatic N) is 3. The second-order valence-electron chi connectivity index (χ2n) is 5.84. The summed E-state index contributed by atoms with van der Waals surface area (Å²) >= 11 is 0. The van der Waals surface area contributed by atoms with Crippen molar-refractivity contribution in [1.29, 1.82) is 0 Å². The fourth-order valence-corrected chi connectivity index (χ4v) is 2.51. The Morgan fingerprint density at radius 2 is 2.04 bits per heavy atom. The van der Waals surface area contributed by atoms with E-state index in [0.29, 0.717) is 42.7 Å². The number of carbonyl (C=O) groups excluding carboxylic acids is 1. The van der Waals surface area contributed by atoms with Crippen LogP contribution in [0.5, 0.6) is 11.5 Å². The van der Waals surface area contributed by atoms with Gasteiger partial charge in [-0.15, -0.1) is 0 Å². The van der Waals surface area contributed by atoms with Gasteiger partial charge in [0.2, 0.25) is 5.91 Å². The maximum atomic E-state index is 11.9. The number of methoxy groups -OCH3 is 2. The molecule has 0 saturated heterocycles. The molecule has 0 aliphatic carbocycles. The molecule has 1 amide bonds. The Morgan fingerprint density at radius 1 is 1.31 bits per heavy atom. The van der Waals surface area contributed by atoms with E-state index in [2.05, 4.69) is 15.4 Å². The third-order valence-corrected chi connectivity index (χ3v) is 3.72. The maximum absolute atomic E-state index is 11.9. The molecular formula is C17H26N6O3. The van der Waals surface area contributed by atoms with Crippen LogP contribution in [0.25, 0.3) is 0 Å². The molecule has 1 aromatic heterocycles. The first-order valence-corrected chi connectivity index (χ1v) is 8.35. The summed E-state index contributed by atoms with van der Waals surface area (Å²) in [5, 5.41) is 7.14. The molecule has 1 heterocycles. The zero-order chi connectivity index (χ0) is 19.1. The summed E-state index contributed by atoms with van der Waals surface area (Å²) in [6.45, 7) is 2.65. The topological polar surface area (TPSA) is 130 Å². The van der Waals surface area contributed by atoms with Gasteiger partial charge in [0.15, 0.2) is 17.3 Å². The molecule has 0 bridgehead atoms. The van der Waals surface area contributed by atoms with E-state index in [1.54, 1.807) is 21.1 Å². The fraction of sp³-hybridized carbons (Fsp3) is 0.471. The number of carbonyl (C=O) groups is 1. The van der Waals surface area contributed by atoms with E-state index in [9.17, 15) is 4.79 Å². The van der Waals surface area contributed by atoms with Crippen LogP contribution in [0.3, 0.4) is 0 Å². The number of aromatic nitrogens is 3. The summed E-state index contributed by atoms with van der Waals surface area (Å²) in [5.74, 6) is 2.25. The third-order valence-electron chi connectivity index (χ3n) is 3.72. The second kappa shape index (κ2) is 9.16. The summed E-state index contributed by atoms with van der Waals surface area (Å²) in [6.07, 6.45) is 0.484. The number of nitrogens with one attached hydrogen (secondary N) is 1. The Labute approximate surface area is 152 Å². The highest BCUT2D eigenvalue weighted by Gasteiger charge is 2.16. The lowest BCUT2D eigenvalue weighted by atomic mass is 10.1. The molecule has 0 unspecified atom stereocenters. The van der Waals surface area contributed by atoms with E-state index in [0.717, 1.165) is 5.56 Å². The van der Waals surface area contributed by atoms with E-state index in [1.807, 2.05) is 18.2 Å². The molecule has 0 aliphatic heterocycles. The molecule has 0 aliphatic rings. The molecule has 2 aromatic rings. The van der Waals surface area contributed by atoms with Crippen molar-refractivity contribution in [2.45, 2.75) is 25.9 Å². The summed E-state index contributed by atoms with van der Waals surface area (Å²) in [4.78, 5) is 16.4.